The average molecular weight is 364 g/mol. The molecule has 0 bridgehead atoms. The summed E-state index contributed by atoms with van der Waals surface area (Å²) < 4.78 is 5.10. The van der Waals surface area contributed by atoms with E-state index in [9.17, 15) is 9.59 Å². The van der Waals surface area contributed by atoms with Crippen LogP contribution in [0.2, 0.25) is 0 Å². The van der Waals surface area contributed by atoms with Crippen LogP contribution in [0.25, 0.3) is 0 Å². The zero-order chi connectivity index (χ0) is 18.7. The third-order valence-electron chi connectivity index (χ3n) is 4.70. The Labute approximate surface area is 153 Å². The van der Waals surface area contributed by atoms with Gasteiger partial charge in [-0.15, -0.1) is 11.3 Å². The van der Waals surface area contributed by atoms with Gasteiger partial charge in [-0.25, -0.2) is 4.79 Å². The van der Waals surface area contributed by atoms with Gasteiger partial charge in [0.25, 0.3) is 0 Å². The maximum atomic E-state index is 13.0. The zero-order valence-corrected chi connectivity index (χ0v) is 16.6. The first-order chi connectivity index (χ1) is 11.8. The number of H-pyrrole nitrogens is 1. The molecule has 0 aliphatic heterocycles. The van der Waals surface area contributed by atoms with Crippen LogP contribution < -0.4 is 4.90 Å². The Morgan fingerprint density at radius 1 is 1.32 bits per heavy atom. The molecule has 0 aliphatic carbocycles. The molecule has 2 N–H and O–H groups in total. The number of likely N-dealkylation sites (N-methyl/N-ethyl adjacent to an activating group) is 1. The van der Waals surface area contributed by atoms with Crippen molar-refractivity contribution in [1.82, 2.24) is 4.98 Å². The first-order valence-corrected chi connectivity index (χ1v) is 9.41. The van der Waals surface area contributed by atoms with E-state index in [2.05, 4.69) is 23.4 Å². The average Bonchev–Trinajstić information content (AvgIpc) is 3.09. The van der Waals surface area contributed by atoms with Crippen LogP contribution >= 0.6 is 11.3 Å². The molecule has 0 radical (unpaired) electrons. The highest BCUT2D eigenvalue weighted by atomic mass is 32.1. The minimum absolute atomic E-state index is 0.0165. The van der Waals surface area contributed by atoms with Crippen LogP contribution in [0.5, 0.6) is 0 Å². The summed E-state index contributed by atoms with van der Waals surface area (Å²) in [5.74, 6) is -0.363. The monoisotopic (exact) mass is 363 g/mol. The standard InChI is InChI=1S/C19H26N2O3S/c1-7-24-19(23)16-12(3)17(20-13(16)4)18(22)14(5)21(6)10-15-11(2)8-9-25-15/h8-9,14,20H,7,10H2,1-6H3/p+1/t14-/m1/s1. The molecule has 136 valence electrons. The van der Waals surface area contributed by atoms with E-state index in [1.54, 1.807) is 32.1 Å². The summed E-state index contributed by atoms with van der Waals surface area (Å²) >= 11 is 1.72. The van der Waals surface area contributed by atoms with Gasteiger partial charge < -0.3 is 14.6 Å². The SMILES string of the molecule is CCOC(=O)c1c(C)[nH]c(C(=O)[C@@H](C)[NH+](C)Cc2sccc2C)c1C. The number of carbonyl (C=O) groups excluding carboxylic acids is 2. The number of Topliss-reactive ketones (excluding diaryl/α,β-unsaturated/α-hetero) is 1. The van der Waals surface area contributed by atoms with Crippen LogP contribution in [-0.4, -0.2) is 36.4 Å². The topological polar surface area (TPSA) is 63.6 Å². The maximum Gasteiger partial charge on any atom is 0.340 e. The van der Waals surface area contributed by atoms with Crippen molar-refractivity contribution in [2.24, 2.45) is 0 Å². The Balaban J connectivity index is 2.20. The first kappa shape index (κ1) is 19.4. The lowest BCUT2D eigenvalue weighted by Crippen LogP contribution is -3.12. The first-order valence-electron chi connectivity index (χ1n) is 8.53. The van der Waals surface area contributed by atoms with E-state index in [-0.39, 0.29) is 17.8 Å². The van der Waals surface area contributed by atoms with Crippen molar-refractivity contribution >= 4 is 23.1 Å². The van der Waals surface area contributed by atoms with Crippen LogP contribution in [0.1, 0.15) is 56.4 Å². The summed E-state index contributed by atoms with van der Waals surface area (Å²) in [7, 11) is 2.03. The van der Waals surface area contributed by atoms with E-state index in [0.717, 1.165) is 11.4 Å². The van der Waals surface area contributed by atoms with Gasteiger partial charge in [0.1, 0.15) is 6.54 Å². The summed E-state index contributed by atoms with van der Waals surface area (Å²) in [5, 5.41) is 2.08. The molecule has 2 aromatic rings. The van der Waals surface area contributed by atoms with Crippen molar-refractivity contribution in [2.45, 2.75) is 47.2 Å². The molecule has 0 amide bonds. The van der Waals surface area contributed by atoms with Gasteiger partial charge in [-0.05, 0) is 57.2 Å². The molecule has 0 saturated carbocycles. The van der Waals surface area contributed by atoms with Crippen LogP contribution in [0.3, 0.4) is 0 Å². The summed E-state index contributed by atoms with van der Waals surface area (Å²) in [4.78, 5) is 30.6. The highest BCUT2D eigenvalue weighted by molar-refractivity contribution is 7.10. The van der Waals surface area contributed by atoms with Crippen molar-refractivity contribution in [3.8, 4) is 0 Å². The van der Waals surface area contributed by atoms with E-state index in [0.29, 0.717) is 29.1 Å². The number of hydrogen-bond donors (Lipinski definition) is 2. The number of quaternary nitrogens is 1. The number of ketones is 1. The highest BCUT2D eigenvalue weighted by Crippen LogP contribution is 2.20. The van der Waals surface area contributed by atoms with Gasteiger partial charge in [-0.1, -0.05) is 0 Å². The number of rotatable bonds is 7. The lowest BCUT2D eigenvalue weighted by Gasteiger charge is -2.20. The van der Waals surface area contributed by atoms with Gasteiger partial charge in [-0.2, -0.15) is 0 Å². The Morgan fingerprint density at radius 3 is 2.56 bits per heavy atom. The second kappa shape index (κ2) is 7.97. The van der Waals surface area contributed by atoms with E-state index < -0.39 is 0 Å². The second-order valence-corrected chi connectivity index (χ2v) is 7.48. The lowest BCUT2D eigenvalue weighted by atomic mass is 10.0. The molecule has 0 aliphatic rings. The molecule has 0 saturated heterocycles. The molecule has 0 spiro atoms. The number of aromatic amines is 1. The number of carbonyl (C=O) groups is 2. The molecule has 0 aromatic carbocycles. The molecule has 6 heteroatoms. The van der Waals surface area contributed by atoms with Crippen molar-refractivity contribution in [3.63, 3.8) is 0 Å². The second-order valence-electron chi connectivity index (χ2n) is 6.48. The number of thiophene rings is 1. The maximum absolute atomic E-state index is 13.0. The lowest BCUT2D eigenvalue weighted by molar-refractivity contribution is -0.907. The predicted molar refractivity (Wildman–Crippen MR) is 99.7 cm³/mol. The number of aromatic nitrogens is 1. The molecular formula is C19H27N2O3S+. The van der Waals surface area contributed by atoms with Gasteiger partial charge in [0, 0.05) is 5.69 Å². The molecule has 2 rings (SSSR count). The fourth-order valence-electron chi connectivity index (χ4n) is 2.94. The molecule has 25 heavy (non-hydrogen) atoms. The summed E-state index contributed by atoms with van der Waals surface area (Å²) in [5.41, 5.74) is 3.60. The van der Waals surface area contributed by atoms with Gasteiger partial charge in [-0.3, -0.25) is 4.79 Å². The number of nitrogens with one attached hydrogen (secondary N) is 2. The van der Waals surface area contributed by atoms with Crippen molar-refractivity contribution in [1.29, 1.82) is 0 Å². The minimum atomic E-state index is -0.379. The third-order valence-corrected chi connectivity index (χ3v) is 5.73. The quantitative estimate of drug-likeness (QED) is 0.587. The number of esters is 1. The van der Waals surface area contributed by atoms with Gasteiger partial charge >= 0.3 is 5.97 Å². The molecule has 2 aromatic heterocycles. The molecule has 0 fully saturated rings. The largest absolute Gasteiger partial charge is 0.462 e. The number of ether oxygens (including phenoxy) is 1. The van der Waals surface area contributed by atoms with Crippen LogP contribution in [0, 0.1) is 20.8 Å². The van der Waals surface area contributed by atoms with Gasteiger partial charge in [0.05, 0.1) is 29.8 Å². The Hall–Kier alpha value is -1.92. The minimum Gasteiger partial charge on any atom is -0.462 e. The van der Waals surface area contributed by atoms with Gasteiger partial charge in [0.15, 0.2) is 6.04 Å². The zero-order valence-electron chi connectivity index (χ0n) is 15.8. The van der Waals surface area contributed by atoms with E-state index in [1.807, 2.05) is 14.0 Å². The third kappa shape index (κ3) is 4.02. The van der Waals surface area contributed by atoms with E-state index >= 15 is 0 Å². The molecular weight excluding hydrogens is 336 g/mol. The fourth-order valence-corrected chi connectivity index (χ4v) is 3.94. The summed E-state index contributed by atoms with van der Waals surface area (Å²) in [6.45, 7) is 10.5. The normalized spacial score (nSPS) is 13.5. The van der Waals surface area contributed by atoms with Crippen molar-refractivity contribution in [2.75, 3.05) is 13.7 Å². The van der Waals surface area contributed by atoms with Crippen LogP contribution in [-0.2, 0) is 11.3 Å². The highest BCUT2D eigenvalue weighted by Gasteiger charge is 2.29. The Kier molecular flexibility index (Phi) is 6.19. The van der Waals surface area contributed by atoms with Gasteiger partial charge in [0.2, 0.25) is 5.78 Å². The smallest absolute Gasteiger partial charge is 0.340 e. The Bertz CT molecular complexity index is 776. The van der Waals surface area contributed by atoms with Crippen molar-refractivity contribution in [3.05, 3.63) is 44.4 Å². The summed E-state index contributed by atoms with van der Waals surface area (Å²) in [6, 6.07) is 1.89. The van der Waals surface area contributed by atoms with Crippen molar-refractivity contribution < 1.29 is 19.2 Å². The van der Waals surface area contributed by atoms with Crippen LogP contribution in [0.15, 0.2) is 11.4 Å². The van der Waals surface area contributed by atoms with Crippen LogP contribution in [0.4, 0.5) is 0 Å². The molecule has 1 unspecified atom stereocenters. The number of aryl methyl sites for hydroxylation is 2. The number of hydrogen-bond acceptors (Lipinski definition) is 4. The molecule has 2 heterocycles. The fraction of sp³-hybridized carbons (Fsp3) is 0.474. The Morgan fingerprint density at radius 2 is 2.00 bits per heavy atom. The predicted octanol–water partition coefficient (Wildman–Crippen LogP) is 2.46. The molecule has 2 atom stereocenters. The molecule has 5 nitrogen and oxygen atoms in total. The van der Waals surface area contributed by atoms with E-state index in [1.165, 1.54) is 10.4 Å². The van der Waals surface area contributed by atoms with E-state index in [4.69, 9.17) is 4.74 Å². The summed E-state index contributed by atoms with van der Waals surface area (Å²) in [6.07, 6.45) is 0.